The molecule has 0 saturated carbocycles. The smallest absolute Gasteiger partial charge is 0.280 e. The molecule has 0 atom stereocenters. The van der Waals surface area contributed by atoms with Crippen molar-refractivity contribution in [3.8, 4) is 0 Å². The van der Waals surface area contributed by atoms with Crippen LogP contribution in [0.15, 0.2) is 52.1 Å². The van der Waals surface area contributed by atoms with Gasteiger partial charge < -0.3 is 14.7 Å². The van der Waals surface area contributed by atoms with E-state index in [0.717, 1.165) is 4.88 Å². The lowest BCUT2D eigenvalue weighted by atomic mass is 10.1. The summed E-state index contributed by atoms with van der Waals surface area (Å²) in [5.41, 5.74) is 0.288. The van der Waals surface area contributed by atoms with E-state index in [2.05, 4.69) is 20.4 Å². The molecule has 3 aromatic rings. The van der Waals surface area contributed by atoms with Gasteiger partial charge in [-0.2, -0.15) is 4.31 Å². The topological polar surface area (TPSA) is 143 Å². The summed E-state index contributed by atoms with van der Waals surface area (Å²) in [7, 11) is -2.23. The van der Waals surface area contributed by atoms with Crippen LogP contribution in [0.5, 0.6) is 0 Å². The van der Waals surface area contributed by atoms with Gasteiger partial charge in [0.15, 0.2) is 17.5 Å². The second-order valence-electron chi connectivity index (χ2n) is 6.90. The summed E-state index contributed by atoms with van der Waals surface area (Å²) in [6.45, 7) is 2.03. The number of hydrogen-bond donors (Lipinski definition) is 2. The van der Waals surface area contributed by atoms with E-state index in [-0.39, 0.29) is 36.9 Å². The zero-order chi connectivity index (χ0) is 25.3. The monoisotopic (exact) mass is 539 g/mol. The van der Waals surface area contributed by atoms with E-state index in [0.29, 0.717) is 22.3 Å². The molecule has 0 unspecified atom stereocenters. The first-order chi connectivity index (χ1) is 16.9. The maximum atomic E-state index is 13.0. The standard InChI is InChI=1S/C21H25N5O6S3/c1-3-26(9-10-27)35(29,30)17-6-4-15(5-7-17)19(25-32-14-18-22-8-11-33-18)20(28)24-21-23-12-16(34-21)13-31-2/h4-8,11-12,27H,3,9-10,13-14H2,1-2H3,(H,23,24,28). The molecule has 1 aromatic carbocycles. The van der Waals surface area contributed by atoms with Gasteiger partial charge in [0.2, 0.25) is 10.0 Å². The van der Waals surface area contributed by atoms with Gasteiger partial charge in [0, 0.05) is 43.5 Å². The minimum Gasteiger partial charge on any atom is -0.395 e. The van der Waals surface area contributed by atoms with Crippen LogP contribution in [0.4, 0.5) is 5.13 Å². The summed E-state index contributed by atoms with van der Waals surface area (Å²) in [5, 5.41) is 18.7. The van der Waals surface area contributed by atoms with E-state index in [1.54, 1.807) is 31.8 Å². The number of methoxy groups -OCH3 is 1. The van der Waals surface area contributed by atoms with Gasteiger partial charge in [-0.15, -0.1) is 11.3 Å². The van der Waals surface area contributed by atoms with Gasteiger partial charge in [-0.1, -0.05) is 35.5 Å². The average molecular weight is 540 g/mol. The number of rotatable bonds is 13. The van der Waals surface area contributed by atoms with Crippen molar-refractivity contribution in [2.24, 2.45) is 5.16 Å². The Morgan fingerprint density at radius 3 is 2.63 bits per heavy atom. The highest BCUT2D eigenvalue weighted by atomic mass is 32.2. The highest BCUT2D eigenvalue weighted by Gasteiger charge is 2.24. The molecule has 35 heavy (non-hydrogen) atoms. The molecule has 1 amide bonds. The number of aliphatic hydroxyl groups excluding tert-OH is 1. The van der Waals surface area contributed by atoms with Crippen LogP contribution in [-0.2, 0) is 37.6 Å². The first kappa shape index (κ1) is 26.8. The van der Waals surface area contributed by atoms with Crippen molar-refractivity contribution < 1.29 is 27.9 Å². The van der Waals surface area contributed by atoms with E-state index >= 15 is 0 Å². The fourth-order valence-electron chi connectivity index (χ4n) is 2.93. The quantitative estimate of drug-likeness (QED) is 0.249. The number of aliphatic hydroxyl groups is 1. The zero-order valence-electron chi connectivity index (χ0n) is 19.1. The van der Waals surface area contributed by atoms with Gasteiger partial charge >= 0.3 is 0 Å². The summed E-state index contributed by atoms with van der Waals surface area (Å²) in [4.78, 5) is 27.5. The molecule has 2 N–H and O–H groups in total. The van der Waals surface area contributed by atoms with Crippen LogP contribution in [0.1, 0.15) is 22.4 Å². The molecule has 2 heterocycles. The zero-order valence-corrected chi connectivity index (χ0v) is 21.5. The van der Waals surface area contributed by atoms with E-state index in [1.165, 1.54) is 51.2 Å². The van der Waals surface area contributed by atoms with Crippen LogP contribution >= 0.6 is 22.7 Å². The number of sulfonamides is 1. The van der Waals surface area contributed by atoms with Gasteiger partial charge in [-0.05, 0) is 12.1 Å². The molecule has 0 bridgehead atoms. The molecule has 14 heteroatoms. The van der Waals surface area contributed by atoms with Crippen LogP contribution in [-0.4, -0.2) is 66.2 Å². The van der Waals surface area contributed by atoms with Crippen LogP contribution < -0.4 is 5.32 Å². The number of carbonyl (C=O) groups is 1. The Morgan fingerprint density at radius 1 is 1.23 bits per heavy atom. The van der Waals surface area contributed by atoms with Crippen molar-refractivity contribution >= 4 is 49.4 Å². The van der Waals surface area contributed by atoms with Crippen molar-refractivity contribution in [3.63, 3.8) is 0 Å². The maximum Gasteiger partial charge on any atom is 0.280 e. The SMILES string of the molecule is CCN(CCO)S(=O)(=O)c1ccc(C(=NOCc2nccs2)C(=O)Nc2ncc(COC)s2)cc1. The number of oxime groups is 1. The molecular formula is C21H25N5O6S3. The molecule has 188 valence electrons. The number of benzene rings is 1. The number of nitrogens with zero attached hydrogens (tertiary/aromatic N) is 4. The third-order valence-electron chi connectivity index (χ3n) is 4.57. The largest absolute Gasteiger partial charge is 0.395 e. The third kappa shape index (κ3) is 7.13. The second-order valence-corrected chi connectivity index (χ2v) is 10.9. The normalized spacial score (nSPS) is 12.2. The summed E-state index contributed by atoms with van der Waals surface area (Å²) >= 11 is 2.65. The van der Waals surface area contributed by atoms with Gasteiger partial charge in [-0.25, -0.2) is 18.4 Å². The van der Waals surface area contributed by atoms with Crippen LogP contribution in [0, 0.1) is 0 Å². The van der Waals surface area contributed by atoms with E-state index in [9.17, 15) is 13.2 Å². The number of anilines is 1. The van der Waals surface area contributed by atoms with Gasteiger partial charge in [0.25, 0.3) is 5.91 Å². The number of likely N-dealkylation sites (N-methyl/N-ethyl adjacent to an activating group) is 1. The number of hydrogen-bond acceptors (Lipinski definition) is 11. The lowest BCUT2D eigenvalue weighted by Gasteiger charge is -2.19. The van der Waals surface area contributed by atoms with Gasteiger partial charge in [0.1, 0.15) is 5.01 Å². The Hall–Kier alpha value is -2.75. The van der Waals surface area contributed by atoms with Crippen molar-refractivity contribution in [2.75, 3.05) is 32.1 Å². The van der Waals surface area contributed by atoms with E-state index in [4.69, 9.17) is 14.7 Å². The molecule has 3 rings (SSSR count). The lowest BCUT2D eigenvalue weighted by Crippen LogP contribution is -2.33. The Labute approximate surface area is 211 Å². The fourth-order valence-corrected chi connectivity index (χ4v) is 5.67. The highest BCUT2D eigenvalue weighted by Crippen LogP contribution is 2.20. The number of amides is 1. The van der Waals surface area contributed by atoms with Crippen LogP contribution in [0.2, 0.25) is 0 Å². The number of carbonyl (C=O) groups excluding carboxylic acids is 1. The molecule has 0 aliphatic heterocycles. The van der Waals surface area contributed by atoms with Gasteiger partial charge in [0.05, 0.1) is 23.0 Å². The predicted molar refractivity (Wildman–Crippen MR) is 133 cm³/mol. The molecular weight excluding hydrogens is 514 g/mol. The molecule has 11 nitrogen and oxygen atoms in total. The Balaban J connectivity index is 1.85. The average Bonchev–Trinajstić information content (AvgIpc) is 3.52. The molecule has 0 saturated heterocycles. The van der Waals surface area contributed by atoms with Crippen LogP contribution in [0.25, 0.3) is 0 Å². The highest BCUT2D eigenvalue weighted by molar-refractivity contribution is 7.89. The van der Waals surface area contributed by atoms with E-state index < -0.39 is 15.9 Å². The summed E-state index contributed by atoms with van der Waals surface area (Å²) in [5.74, 6) is -0.575. The molecule has 0 spiro atoms. The number of thiazole rings is 2. The van der Waals surface area contributed by atoms with Crippen molar-refractivity contribution in [2.45, 2.75) is 25.0 Å². The second kappa shape index (κ2) is 12.8. The van der Waals surface area contributed by atoms with Crippen molar-refractivity contribution in [3.05, 3.63) is 57.5 Å². The Bertz CT molecular complexity index is 1230. The number of aromatic nitrogens is 2. The fraction of sp³-hybridized carbons (Fsp3) is 0.333. The molecule has 0 aliphatic carbocycles. The minimum absolute atomic E-state index is 0.0147. The van der Waals surface area contributed by atoms with E-state index in [1.807, 2.05) is 0 Å². The molecule has 0 radical (unpaired) electrons. The predicted octanol–water partition coefficient (Wildman–Crippen LogP) is 2.31. The first-order valence-electron chi connectivity index (χ1n) is 10.4. The van der Waals surface area contributed by atoms with Crippen LogP contribution in [0.3, 0.4) is 0 Å². The number of ether oxygens (including phenoxy) is 1. The Morgan fingerprint density at radius 2 is 2.00 bits per heavy atom. The Kier molecular flexibility index (Phi) is 9.83. The van der Waals surface area contributed by atoms with Crippen molar-refractivity contribution in [1.82, 2.24) is 14.3 Å². The summed E-state index contributed by atoms with van der Waals surface area (Å²) < 4.78 is 31.9. The first-order valence-corrected chi connectivity index (χ1v) is 13.6. The third-order valence-corrected chi connectivity index (χ3v) is 8.20. The minimum atomic E-state index is -3.80. The molecule has 0 fully saturated rings. The number of nitrogens with one attached hydrogen (secondary N) is 1. The summed E-state index contributed by atoms with van der Waals surface area (Å²) in [6, 6.07) is 5.72. The lowest BCUT2D eigenvalue weighted by molar-refractivity contribution is -0.110. The van der Waals surface area contributed by atoms with Crippen molar-refractivity contribution in [1.29, 1.82) is 0 Å². The molecule has 0 aliphatic rings. The maximum absolute atomic E-state index is 13.0. The summed E-state index contributed by atoms with van der Waals surface area (Å²) in [6.07, 6.45) is 3.24. The molecule has 2 aromatic heterocycles. The van der Waals surface area contributed by atoms with Gasteiger partial charge in [-0.3, -0.25) is 10.1 Å².